The van der Waals surface area contributed by atoms with Gasteiger partial charge < -0.3 is 15.3 Å². The first-order chi connectivity index (χ1) is 9.29. The van der Waals surface area contributed by atoms with Crippen LogP contribution >= 0.6 is 0 Å². The molecule has 1 aliphatic rings. The molecule has 0 aromatic heterocycles. The minimum atomic E-state index is -0.355. The fraction of sp³-hybridized carbons (Fsp3) is 0.625. The Balaban J connectivity index is 1.73. The summed E-state index contributed by atoms with van der Waals surface area (Å²) in [5.74, 6) is 0.810. The molecule has 0 radical (unpaired) electrons. The van der Waals surface area contributed by atoms with Gasteiger partial charge in [-0.25, -0.2) is 0 Å². The van der Waals surface area contributed by atoms with E-state index in [0.717, 1.165) is 44.2 Å². The van der Waals surface area contributed by atoms with Crippen LogP contribution in [0.15, 0.2) is 30.3 Å². The third-order valence-corrected chi connectivity index (χ3v) is 4.01. The van der Waals surface area contributed by atoms with Crippen LogP contribution in [0, 0.1) is 5.92 Å². The van der Waals surface area contributed by atoms with Crippen LogP contribution in [-0.2, 0) is 0 Å². The maximum atomic E-state index is 10.2. The molecule has 0 amide bonds. The number of nitrogens with one attached hydrogen (secondary N) is 1. The zero-order valence-corrected chi connectivity index (χ0v) is 11.9. The molecule has 0 aliphatic carbocycles. The number of piperidine rings is 1. The summed E-state index contributed by atoms with van der Waals surface area (Å²) in [7, 11) is 0. The Morgan fingerprint density at radius 2 is 1.95 bits per heavy atom. The number of hydrogen-bond acceptors (Lipinski definition) is 3. The van der Waals surface area contributed by atoms with Gasteiger partial charge >= 0.3 is 0 Å². The van der Waals surface area contributed by atoms with Gasteiger partial charge in [-0.3, -0.25) is 0 Å². The lowest BCUT2D eigenvalue weighted by Gasteiger charge is -2.33. The molecule has 1 heterocycles. The van der Waals surface area contributed by atoms with Crippen LogP contribution in [0.2, 0.25) is 0 Å². The summed E-state index contributed by atoms with van der Waals surface area (Å²) in [6.07, 6.45) is 2.13. The highest BCUT2D eigenvalue weighted by molar-refractivity contribution is 5.17. The van der Waals surface area contributed by atoms with E-state index in [1.165, 1.54) is 12.8 Å². The molecule has 1 fully saturated rings. The molecule has 2 rings (SSSR count). The quantitative estimate of drug-likeness (QED) is 0.823. The minimum Gasteiger partial charge on any atom is -0.387 e. The molecular weight excluding hydrogens is 236 g/mol. The van der Waals surface area contributed by atoms with E-state index in [-0.39, 0.29) is 6.10 Å². The number of benzene rings is 1. The molecule has 106 valence electrons. The van der Waals surface area contributed by atoms with E-state index >= 15 is 0 Å². The molecule has 1 saturated heterocycles. The maximum absolute atomic E-state index is 10.2. The predicted molar refractivity (Wildman–Crippen MR) is 79.1 cm³/mol. The first-order valence-electron chi connectivity index (χ1n) is 7.45. The lowest BCUT2D eigenvalue weighted by molar-refractivity contribution is 0.0892. The van der Waals surface area contributed by atoms with Crippen molar-refractivity contribution >= 4 is 0 Å². The van der Waals surface area contributed by atoms with E-state index in [4.69, 9.17) is 0 Å². The largest absolute Gasteiger partial charge is 0.387 e. The van der Waals surface area contributed by atoms with Gasteiger partial charge in [-0.05, 0) is 50.5 Å². The number of nitrogens with zero attached hydrogens (tertiary/aromatic N) is 1. The summed E-state index contributed by atoms with van der Waals surface area (Å²) >= 11 is 0. The number of aliphatic hydroxyl groups excluding tert-OH is 1. The lowest BCUT2D eigenvalue weighted by atomic mass is 9.96. The van der Waals surface area contributed by atoms with E-state index in [0.29, 0.717) is 0 Å². The van der Waals surface area contributed by atoms with Crippen LogP contribution < -0.4 is 5.32 Å². The summed E-state index contributed by atoms with van der Waals surface area (Å²) in [5, 5.41) is 13.7. The van der Waals surface area contributed by atoms with Crippen molar-refractivity contribution in [2.75, 3.05) is 32.7 Å². The molecule has 3 heteroatoms. The third kappa shape index (κ3) is 4.60. The van der Waals surface area contributed by atoms with E-state index in [2.05, 4.69) is 17.1 Å². The first-order valence-corrected chi connectivity index (χ1v) is 7.45. The van der Waals surface area contributed by atoms with E-state index in [1.54, 1.807) is 0 Å². The smallest absolute Gasteiger partial charge is 0.0916 e. The van der Waals surface area contributed by atoms with Crippen molar-refractivity contribution in [2.45, 2.75) is 25.9 Å². The van der Waals surface area contributed by atoms with E-state index < -0.39 is 0 Å². The van der Waals surface area contributed by atoms with Gasteiger partial charge in [0.15, 0.2) is 0 Å². The van der Waals surface area contributed by atoms with Crippen LogP contribution in [0.3, 0.4) is 0 Å². The third-order valence-electron chi connectivity index (χ3n) is 4.01. The van der Waals surface area contributed by atoms with Gasteiger partial charge in [0.1, 0.15) is 0 Å². The molecule has 1 aromatic carbocycles. The fourth-order valence-electron chi connectivity index (χ4n) is 2.75. The topological polar surface area (TPSA) is 35.5 Å². The Kier molecular flexibility index (Phi) is 5.83. The van der Waals surface area contributed by atoms with Gasteiger partial charge in [0, 0.05) is 6.54 Å². The molecule has 2 N–H and O–H groups in total. The highest BCUT2D eigenvalue weighted by atomic mass is 16.3. The number of aliphatic hydroxyl groups is 1. The average Bonchev–Trinajstić information content (AvgIpc) is 2.47. The molecule has 3 nitrogen and oxygen atoms in total. The van der Waals surface area contributed by atoms with E-state index in [9.17, 15) is 5.11 Å². The summed E-state index contributed by atoms with van der Waals surface area (Å²) in [4.78, 5) is 2.39. The number of likely N-dealkylation sites (tertiary alicyclic amines) is 1. The second-order valence-corrected chi connectivity index (χ2v) is 5.48. The highest BCUT2D eigenvalue weighted by Crippen LogP contribution is 2.20. The van der Waals surface area contributed by atoms with Crippen LogP contribution in [0.4, 0.5) is 0 Å². The Hall–Kier alpha value is -0.900. The van der Waals surface area contributed by atoms with Gasteiger partial charge in [-0.2, -0.15) is 0 Å². The highest BCUT2D eigenvalue weighted by Gasteiger charge is 2.21. The fourth-order valence-corrected chi connectivity index (χ4v) is 2.75. The predicted octanol–water partition coefficient (Wildman–Crippen LogP) is 2.04. The zero-order chi connectivity index (χ0) is 13.5. The van der Waals surface area contributed by atoms with Crippen molar-refractivity contribution in [1.82, 2.24) is 10.2 Å². The normalized spacial score (nSPS) is 19.5. The first kappa shape index (κ1) is 14.5. The summed E-state index contributed by atoms with van der Waals surface area (Å²) in [6, 6.07) is 9.97. The molecule has 0 spiro atoms. The molecular formula is C16H26N2O. The SMILES string of the molecule is CCNCC1CCN(CC(O)c2ccccc2)CC1. The summed E-state index contributed by atoms with van der Waals surface area (Å²) in [5.41, 5.74) is 1.03. The van der Waals surface area contributed by atoms with Crippen LogP contribution in [-0.4, -0.2) is 42.7 Å². The van der Waals surface area contributed by atoms with Crippen molar-refractivity contribution in [1.29, 1.82) is 0 Å². The molecule has 0 saturated carbocycles. The van der Waals surface area contributed by atoms with Gasteiger partial charge in [0.05, 0.1) is 6.10 Å². The molecule has 1 aliphatic heterocycles. The van der Waals surface area contributed by atoms with Gasteiger partial charge in [0.25, 0.3) is 0 Å². The van der Waals surface area contributed by atoms with Crippen molar-refractivity contribution in [3.8, 4) is 0 Å². The molecule has 1 atom stereocenters. The molecule has 0 bridgehead atoms. The Morgan fingerprint density at radius 3 is 2.58 bits per heavy atom. The van der Waals surface area contributed by atoms with Crippen LogP contribution in [0.1, 0.15) is 31.4 Å². The minimum absolute atomic E-state index is 0.355. The lowest BCUT2D eigenvalue weighted by Crippen LogP contribution is -2.39. The second-order valence-electron chi connectivity index (χ2n) is 5.48. The molecule has 19 heavy (non-hydrogen) atoms. The van der Waals surface area contributed by atoms with Crippen LogP contribution in [0.25, 0.3) is 0 Å². The van der Waals surface area contributed by atoms with Crippen LogP contribution in [0.5, 0.6) is 0 Å². The van der Waals surface area contributed by atoms with Gasteiger partial charge in [-0.15, -0.1) is 0 Å². The monoisotopic (exact) mass is 262 g/mol. The van der Waals surface area contributed by atoms with Crippen molar-refractivity contribution < 1.29 is 5.11 Å². The summed E-state index contributed by atoms with van der Waals surface area (Å²) in [6.45, 7) is 7.35. The zero-order valence-electron chi connectivity index (χ0n) is 11.9. The number of β-amino-alcohol motifs (C(OH)–C–C–N with tert-alkyl or cyclic N) is 1. The van der Waals surface area contributed by atoms with Gasteiger partial charge in [0.2, 0.25) is 0 Å². The number of hydrogen-bond donors (Lipinski definition) is 2. The van der Waals surface area contributed by atoms with Crippen molar-refractivity contribution in [3.05, 3.63) is 35.9 Å². The Labute approximate surface area is 116 Å². The van der Waals surface area contributed by atoms with Gasteiger partial charge in [-0.1, -0.05) is 37.3 Å². The molecule has 1 unspecified atom stereocenters. The van der Waals surface area contributed by atoms with Crippen molar-refractivity contribution in [2.24, 2.45) is 5.92 Å². The standard InChI is InChI=1S/C16H26N2O/c1-2-17-12-14-8-10-18(11-9-14)13-16(19)15-6-4-3-5-7-15/h3-7,14,16-17,19H,2,8-13H2,1H3. The van der Waals surface area contributed by atoms with E-state index in [1.807, 2.05) is 30.3 Å². The maximum Gasteiger partial charge on any atom is 0.0916 e. The summed E-state index contributed by atoms with van der Waals surface area (Å²) < 4.78 is 0. The molecule has 1 aromatic rings. The Morgan fingerprint density at radius 1 is 1.26 bits per heavy atom. The number of rotatable bonds is 6. The average molecular weight is 262 g/mol. The Bertz CT molecular complexity index is 347. The second kappa shape index (κ2) is 7.63. The van der Waals surface area contributed by atoms with Crippen molar-refractivity contribution in [3.63, 3.8) is 0 Å².